The lowest BCUT2D eigenvalue weighted by molar-refractivity contribution is -0.119. The van der Waals surface area contributed by atoms with Crippen molar-refractivity contribution in [1.82, 2.24) is 20.2 Å². The average molecular weight is 487 g/mol. The molecule has 1 aromatic heterocycles. The number of tetrazole rings is 1. The Morgan fingerprint density at radius 3 is 2.67 bits per heavy atom. The lowest BCUT2D eigenvalue weighted by atomic mass is 10.1. The van der Waals surface area contributed by atoms with Crippen LogP contribution in [0.4, 0.5) is 11.4 Å². The van der Waals surface area contributed by atoms with Crippen molar-refractivity contribution in [3.63, 3.8) is 0 Å². The van der Waals surface area contributed by atoms with Gasteiger partial charge in [-0.2, -0.15) is 0 Å². The van der Waals surface area contributed by atoms with Gasteiger partial charge in [-0.25, -0.2) is 4.68 Å². The molecule has 10 heteroatoms. The molecule has 0 unspecified atom stereocenters. The van der Waals surface area contributed by atoms with Gasteiger partial charge in [0.2, 0.25) is 11.1 Å². The highest BCUT2D eigenvalue weighted by atomic mass is 79.9. The van der Waals surface area contributed by atoms with Gasteiger partial charge in [-0.15, -0.1) is 5.10 Å². The van der Waals surface area contributed by atoms with Crippen LogP contribution in [0.2, 0.25) is 0 Å². The van der Waals surface area contributed by atoms with Crippen LogP contribution in [0, 0.1) is 0 Å². The second kappa shape index (κ2) is 8.97. The fourth-order valence-electron chi connectivity index (χ4n) is 3.16. The van der Waals surface area contributed by atoms with Crippen LogP contribution in [0.5, 0.6) is 0 Å². The number of rotatable bonds is 5. The second-order valence-electron chi connectivity index (χ2n) is 6.83. The number of anilines is 2. The molecule has 0 aliphatic carbocycles. The van der Waals surface area contributed by atoms with E-state index in [1.54, 1.807) is 28.8 Å². The van der Waals surface area contributed by atoms with Crippen LogP contribution in [0.3, 0.4) is 0 Å². The third-order valence-corrected chi connectivity index (χ3v) is 6.33. The van der Waals surface area contributed by atoms with Gasteiger partial charge in [0.05, 0.1) is 5.69 Å². The van der Waals surface area contributed by atoms with E-state index >= 15 is 0 Å². The number of aryl methyl sites for hydroxylation is 1. The van der Waals surface area contributed by atoms with Crippen LogP contribution < -0.4 is 10.2 Å². The number of nitrogens with zero attached hydrogens (tertiary/aromatic N) is 5. The lowest BCUT2D eigenvalue weighted by Crippen LogP contribution is -2.35. The Bertz CT molecular complexity index is 1090. The summed E-state index contributed by atoms with van der Waals surface area (Å²) in [6, 6.07) is 12.7. The summed E-state index contributed by atoms with van der Waals surface area (Å²) >= 11 is 4.81. The number of aromatic nitrogens is 4. The normalized spacial score (nSPS) is 14.1. The molecule has 2 amide bonds. The summed E-state index contributed by atoms with van der Waals surface area (Å²) in [6.07, 6.45) is 2.51. The fraction of sp³-hybridized carbons (Fsp3) is 0.250. The van der Waals surface area contributed by atoms with E-state index in [4.69, 9.17) is 0 Å². The Morgan fingerprint density at radius 1 is 1.17 bits per heavy atom. The van der Waals surface area contributed by atoms with Crippen LogP contribution in [0.1, 0.15) is 29.6 Å². The summed E-state index contributed by atoms with van der Waals surface area (Å²) in [5, 5.41) is 15.0. The Balaban J connectivity index is 1.51. The van der Waals surface area contributed by atoms with Gasteiger partial charge in [0, 0.05) is 40.6 Å². The molecule has 30 heavy (non-hydrogen) atoms. The molecular formula is C20H19BrN6O2S. The van der Waals surface area contributed by atoms with Crippen LogP contribution in [0.15, 0.2) is 57.0 Å². The number of carbonyl (C=O) groups excluding carboxylic acids is 2. The Kier molecular flexibility index (Phi) is 6.14. The molecule has 154 valence electrons. The Hall–Kier alpha value is -2.72. The number of nitrogens with one attached hydrogen (secondary N) is 1. The molecule has 2 heterocycles. The summed E-state index contributed by atoms with van der Waals surface area (Å²) in [6.45, 7) is 0.722. The number of carbonyl (C=O) groups is 2. The van der Waals surface area contributed by atoms with E-state index in [-0.39, 0.29) is 11.8 Å². The number of halogens is 1. The predicted molar refractivity (Wildman–Crippen MR) is 118 cm³/mol. The monoisotopic (exact) mass is 486 g/mol. The zero-order valence-electron chi connectivity index (χ0n) is 16.2. The molecule has 0 bridgehead atoms. The maximum atomic E-state index is 12.8. The topological polar surface area (TPSA) is 93.0 Å². The molecule has 0 radical (unpaired) electrons. The number of amides is 2. The molecule has 1 saturated heterocycles. The van der Waals surface area contributed by atoms with Crippen molar-refractivity contribution in [3.8, 4) is 0 Å². The van der Waals surface area contributed by atoms with E-state index in [2.05, 4.69) is 36.8 Å². The van der Waals surface area contributed by atoms with E-state index in [1.165, 1.54) is 11.8 Å². The third-order valence-electron chi connectivity index (χ3n) is 4.74. The quantitative estimate of drug-likeness (QED) is 0.587. The SMILES string of the molecule is Cn1nnnc1Sc1ccc(Br)cc1NC(=O)c1ccc(N2CCCCC2=O)cc1. The molecule has 2 aromatic carbocycles. The molecule has 3 aromatic rings. The maximum absolute atomic E-state index is 12.8. The summed E-state index contributed by atoms with van der Waals surface area (Å²) in [5.74, 6) is -0.102. The largest absolute Gasteiger partial charge is 0.321 e. The van der Waals surface area contributed by atoms with Gasteiger partial charge in [-0.3, -0.25) is 9.59 Å². The highest BCUT2D eigenvalue weighted by molar-refractivity contribution is 9.10. The number of piperidine rings is 1. The minimum absolute atomic E-state index is 0.132. The van der Waals surface area contributed by atoms with Crippen LogP contribution in [-0.2, 0) is 11.8 Å². The first-order valence-corrected chi connectivity index (χ1v) is 11.0. The van der Waals surface area contributed by atoms with Gasteiger partial charge < -0.3 is 10.2 Å². The molecule has 1 N–H and O–H groups in total. The minimum atomic E-state index is -0.234. The first kappa shape index (κ1) is 20.5. The van der Waals surface area contributed by atoms with E-state index in [0.29, 0.717) is 22.8 Å². The van der Waals surface area contributed by atoms with E-state index in [1.807, 2.05) is 30.3 Å². The lowest BCUT2D eigenvalue weighted by Gasteiger charge is -2.26. The molecule has 1 fully saturated rings. The van der Waals surface area contributed by atoms with Gasteiger partial charge in [-0.1, -0.05) is 15.9 Å². The van der Waals surface area contributed by atoms with Gasteiger partial charge >= 0.3 is 0 Å². The van der Waals surface area contributed by atoms with Crippen molar-refractivity contribution in [2.24, 2.45) is 7.05 Å². The summed E-state index contributed by atoms with van der Waals surface area (Å²) in [5.41, 5.74) is 1.99. The first-order chi connectivity index (χ1) is 14.5. The predicted octanol–water partition coefficient (Wildman–Crippen LogP) is 3.89. The summed E-state index contributed by atoms with van der Waals surface area (Å²) < 4.78 is 2.41. The van der Waals surface area contributed by atoms with Crippen LogP contribution in [0.25, 0.3) is 0 Å². The summed E-state index contributed by atoms with van der Waals surface area (Å²) in [7, 11) is 1.76. The highest BCUT2D eigenvalue weighted by Gasteiger charge is 2.20. The molecule has 0 atom stereocenters. The van der Waals surface area contributed by atoms with E-state index < -0.39 is 0 Å². The average Bonchev–Trinajstić information content (AvgIpc) is 3.15. The van der Waals surface area contributed by atoms with Crippen molar-refractivity contribution in [1.29, 1.82) is 0 Å². The zero-order chi connectivity index (χ0) is 21.1. The Morgan fingerprint density at radius 2 is 1.97 bits per heavy atom. The van der Waals surface area contributed by atoms with Crippen molar-refractivity contribution in [2.75, 3.05) is 16.8 Å². The number of benzene rings is 2. The van der Waals surface area contributed by atoms with Crippen LogP contribution >= 0.6 is 27.7 Å². The maximum Gasteiger partial charge on any atom is 0.255 e. The van der Waals surface area contributed by atoms with Crippen LogP contribution in [-0.4, -0.2) is 38.6 Å². The fourth-order valence-corrected chi connectivity index (χ4v) is 4.32. The third kappa shape index (κ3) is 4.54. The molecule has 4 rings (SSSR count). The van der Waals surface area contributed by atoms with Crippen molar-refractivity contribution in [2.45, 2.75) is 29.3 Å². The number of hydrogen-bond donors (Lipinski definition) is 1. The molecule has 1 aliphatic rings. The van der Waals surface area contributed by atoms with Crippen molar-refractivity contribution in [3.05, 3.63) is 52.5 Å². The first-order valence-electron chi connectivity index (χ1n) is 9.43. The molecule has 8 nitrogen and oxygen atoms in total. The smallest absolute Gasteiger partial charge is 0.255 e. The number of hydrogen-bond acceptors (Lipinski definition) is 6. The van der Waals surface area contributed by atoms with Gasteiger partial charge in [-0.05, 0) is 77.5 Å². The van der Waals surface area contributed by atoms with Gasteiger partial charge in [0.1, 0.15) is 0 Å². The zero-order valence-corrected chi connectivity index (χ0v) is 18.6. The second-order valence-corrected chi connectivity index (χ2v) is 8.76. The van der Waals surface area contributed by atoms with Crippen molar-refractivity contribution < 1.29 is 9.59 Å². The highest BCUT2D eigenvalue weighted by Crippen LogP contribution is 2.34. The van der Waals surface area contributed by atoms with Gasteiger partial charge in [0.15, 0.2) is 0 Å². The van der Waals surface area contributed by atoms with E-state index in [0.717, 1.165) is 34.4 Å². The Labute approximate surface area is 186 Å². The standard InChI is InChI=1S/C20H19BrN6O2S/c1-26-20(23-24-25-26)30-17-10-7-14(21)12-16(17)22-19(29)13-5-8-15(9-6-13)27-11-3-2-4-18(27)28/h5-10,12H,2-4,11H2,1H3,(H,22,29). The molecule has 0 spiro atoms. The molecule has 1 aliphatic heterocycles. The molecule has 0 saturated carbocycles. The summed E-state index contributed by atoms with van der Waals surface area (Å²) in [4.78, 5) is 27.5. The van der Waals surface area contributed by atoms with Gasteiger partial charge in [0.25, 0.3) is 5.91 Å². The van der Waals surface area contributed by atoms with E-state index in [9.17, 15) is 9.59 Å². The minimum Gasteiger partial charge on any atom is -0.321 e. The van der Waals surface area contributed by atoms with Crippen molar-refractivity contribution >= 4 is 50.9 Å². The molecular weight excluding hydrogens is 468 g/mol.